The Hall–Kier alpha value is -2.24. The first kappa shape index (κ1) is 14.7. The average molecular weight is 302 g/mol. The second-order valence-corrected chi connectivity index (χ2v) is 5.55. The third-order valence-electron chi connectivity index (χ3n) is 3.95. The molecule has 1 aliphatic rings. The van der Waals surface area contributed by atoms with Crippen molar-refractivity contribution in [1.29, 1.82) is 0 Å². The van der Waals surface area contributed by atoms with E-state index in [9.17, 15) is 15.3 Å². The van der Waals surface area contributed by atoms with E-state index in [1.54, 1.807) is 13.2 Å². The van der Waals surface area contributed by atoms with Crippen molar-refractivity contribution in [1.82, 2.24) is 0 Å². The minimum atomic E-state index is -1.26. The Morgan fingerprint density at radius 3 is 2.68 bits per heavy atom. The van der Waals surface area contributed by atoms with Crippen LogP contribution in [0.15, 0.2) is 42.5 Å². The standard InChI is InChI=1S/C17H18O5/c1-21-16-12-4-2-3-5-15(12)22-10-17(16,20)9-11-6-7-13(18)14(19)8-11/h2-8,16,18-20H,9-10H2,1H3. The van der Waals surface area contributed by atoms with E-state index in [1.807, 2.05) is 24.3 Å². The molecule has 0 bridgehead atoms. The second kappa shape index (κ2) is 5.51. The first-order chi connectivity index (χ1) is 10.5. The Kier molecular flexibility index (Phi) is 3.68. The number of methoxy groups -OCH3 is 1. The highest BCUT2D eigenvalue weighted by Crippen LogP contribution is 2.41. The lowest BCUT2D eigenvalue weighted by Crippen LogP contribution is -2.48. The van der Waals surface area contributed by atoms with Crippen LogP contribution in [0.4, 0.5) is 0 Å². The van der Waals surface area contributed by atoms with Gasteiger partial charge in [-0.05, 0) is 23.8 Å². The van der Waals surface area contributed by atoms with E-state index in [2.05, 4.69) is 0 Å². The number of aliphatic hydroxyl groups is 1. The van der Waals surface area contributed by atoms with Gasteiger partial charge in [-0.2, -0.15) is 0 Å². The number of para-hydroxylation sites is 1. The van der Waals surface area contributed by atoms with Gasteiger partial charge in [0.15, 0.2) is 11.5 Å². The van der Waals surface area contributed by atoms with Gasteiger partial charge in [-0.15, -0.1) is 0 Å². The zero-order chi connectivity index (χ0) is 15.7. The molecule has 0 saturated heterocycles. The summed E-state index contributed by atoms with van der Waals surface area (Å²) in [5, 5.41) is 30.0. The highest BCUT2D eigenvalue weighted by molar-refractivity contribution is 5.43. The van der Waals surface area contributed by atoms with Gasteiger partial charge < -0.3 is 24.8 Å². The van der Waals surface area contributed by atoms with Crippen LogP contribution in [0, 0.1) is 0 Å². The molecular formula is C17H18O5. The molecule has 1 heterocycles. The first-order valence-electron chi connectivity index (χ1n) is 7.01. The van der Waals surface area contributed by atoms with Crippen molar-refractivity contribution >= 4 is 0 Å². The molecule has 2 atom stereocenters. The number of phenolic OH excluding ortho intramolecular Hbond substituents is 2. The summed E-state index contributed by atoms with van der Waals surface area (Å²) in [6.07, 6.45) is -0.304. The Balaban J connectivity index is 1.93. The monoisotopic (exact) mass is 302 g/mol. The molecule has 2 aromatic rings. The molecular weight excluding hydrogens is 284 g/mol. The van der Waals surface area contributed by atoms with Crippen LogP contribution in [0.25, 0.3) is 0 Å². The van der Waals surface area contributed by atoms with Gasteiger partial charge in [-0.1, -0.05) is 24.3 Å². The van der Waals surface area contributed by atoms with Gasteiger partial charge in [0.2, 0.25) is 0 Å². The Morgan fingerprint density at radius 1 is 1.18 bits per heavy atom. The topological polar surface area (TPSA) is 79.2 Å². The van der Waals surface area contributed by atoms with Gasteiger partial charge in [0.05, 0.1) is 0 Å². The zero-order valence-electron chi connectivity index (χ0n) is 12.2. The van der Waals surface area contributed by atoms with E-state index in [4.69, 9.17) is 9.47 Å². The molecule has 0 aliphatic carbocycles. The van der Waals surface area contributed by atoms with E-state index >= 15 is 0 Å². The Labute approximate surface area is 128 Å². The molecule has 0 spiro atoms. The van der Waals surface area contributed by atoms with Gasteiger partial charge in [0, 0.05) is 19.1 Å². The maximum absolute atomic E-state index is 11.0. The minimum Gasteiger partial charge on any atom is -0.504 e. The summed E-state index contributed by atoms with van der Waals surface area (Å²) in [6, 6.07) is 11.9. The molecule has 2 unspecified atom stereocenters. The molecule has 3 rings (SSSR count). The highest BCUT2D eigenvalue weighted by atomic mass is 16.5. The van der Waals surface area contributed by atoms with Crippen LogP contribution >= 0.6 is 0 Å². The van der Waals surface area contributed by atoms with Crippen LogP contribution in [0.3, 0.4) is 0 Å². The summed E-state index contributed by atoms with van der Waals surface area (Å²) in [7, 11) is 1.55. The van der Waals surface area contributed by atoms with Crippen molar-refractivity contribution in [2.75, 3.05) is 13.7 Å². The van der Waals surface area contributed by atoms with Crippen LogP contribution < -0.4 is 4.74 Å². The van der Waals surface area contributed by atoms with Crippen LogP contribution in [0.2, 0.25) is 0 Å². The first-order valence-corrected chi connectivity index (χ1v) is 7.01. The molecule has 2 aromatic carbocycles. The quantitative estimate of drug-likeness (QED) is 0.757. The lowest BCUT2D eigenvalue weighted by molar-refractivity contribution is -0.129. The lowest BCUT2D eigenvalue weighted by atomic mass is 9.83. The van der Waals surface area contributed by atoms with E-state index in [1.165, 1.54) is 12.1 Å². The number of hydrogen-bond donors (Lipinski definition) is 3. The van der Waals surface area contributed by atoms with Crippen LogP contribution in [0.5, 0.6) is 17.2 Å². The molecule has 22 heavy (non-hydrogen) atoms. The summed E-state index contributed by atoms with van der Waals surface area (Å²) >= 11 is 0. The third-order valence-corrected chi connectivity index (χ3v) is 3.95. The molecule has 116 valence electrons. The average Bonchev–Trinajstić information content (AvgIpc) is 2.51. The summed E-state index contributed by atoms with van der Waals surface area (Å²) in [4.78, 5) is 0. The SMILES string of the molecule is COC1c2ccccc2OCC1(O)Cc1ccc(O)c(O)c1. The molecule has 0 amide bonds. The van der Waals surface area contributed by atoms with Crippen molar-refractivity contribution in [2.45, 2.75) is 18.1 Å². The van der Waals surface area contributed by atoms with Crippen LogP contribution in [0.1, 0.15) is 17.2 Å². The third kappa shape index (κ3) is 2.49. The van der Waals surface area contributed by atoms with E-state index in [0.29, 0.717) is 11.3 Å². The molecule has 0 aromatic heterocycles. The van der Waals surface area contributed by atoms with E-state index < -0.39 is 11.7 Å². The van der Waals surface area contributed by atoms with Gasteiger partial charge in [-0.25, -0.2) is 0 Å². The van der Waals surface area contributed by atoms with Gasteiger partial charge in [-0.3, -0.25) is 0 Å². The summed E-state index contributed by atoms with van der Waals surface area (Å²) in [5.41, 5.74) is 0.219. The van der Waals surface area contributed by atoms with Gasteiger partial charge in [0.1, 0.15) is 24.1 Å². The molecule has 0 fully saturated rings. The number of phenols is 2. The molecule has 5 heteroatoms. The predicted molar refractivity (Wildman–Crippen MR) is 80.1 cm³/mol. The number of aromatic hydroxyl groups is 2. The predicted octanol–water partition coefficient (Wildman–Crippen LogP) is 2.15. The van der Waals surface area contributed by atoms with Gasteiger partial charge >= 0.3 is 0 Å². The van der Waals surface area contributed by atoms with E-state index in [-0.39, 0.29) is 24.5 Å². The second-order valence-electron chi connectivity index (χ2n) is 5.55. The van der Waals surface area contributed by atoms with Crippen molar-refractivity contribution in [3.63, 3.8) is 0 Å². The number of ether oxygens (including phenoxy) is 2. The van der Waals surface area contributed by atoms with Crippen molar-refractivity contribution < 1.29 is 24.8 Å². The Bertz CT molecular complexity index is 684. The molecule has 3 N–H and O–H groups in total. The largest absolute Gasteiger partial charge is 0.504 e. The lowest BCUT2D eigenvalue weighted by Gasteiger charge is -2.40. The maximum atomic E-state index is 11.0. The Morgan fingerprint density at radius 2 is 1.95 bits per heavy atom. The van der Waals surface area contributed by atoms with Crippen molar-refractivity contribution in [3.8, 4) is 17.2 Å². The fourth-order valence-electron chi connectivity index (χ4n) is 2.92. The highest BCUT2D eigenvalue weighted by Gasteiger charge is 2.43. The number of hydrogen-bond acceptors (Lipinski definition) is 5. The van der Waals surface area contributed by atoms with Crippen LogP contribution in [-0.2, 0) is 11.2 Å². The molecule has 5 nitrogen and oxygen atoms in total. The minimum absolute atomic E-state index is 0.0875. The summed E-state index contributed by atoms with van der Waals surface area (Å²) < 4.78 is 11.2. The number of benzene rings is 2. The fourth-order valence-corrected chi connectivity index (χ4v) is 2.92. The maximum Gasteiger partial charge on any atom is 0.157 e. The zero-order valence-corrected chi connectivity index (χ0v) is 12.2. The summed E-state index contributed by atoms with van der Waals surface area (Å²) in [6.45, 7) is 0.0875. The van der Waals surface area contributed by atoms with Crippen molar-refractivity contribution in [3.05, 3.63) is 53.6 Å². The smallest absolute Gasteiger partial charge is 0.157 e. The summed E-state index contributed by atoms with van der Waals surface area (Å²) in [5.74, 6) is 0.295. The fraction of sp³-hybridized carbons (Fsp3) is 0.294. The normalized spacial score (nSPS) is 23.6. The van der Waals surface area contributed by atoms with E-state index in [0.717, 1.165) is 5.56 Å². The number of rotatable bonds is 3. The number of fused-ring (bicyclic) bond motifs is 1. The van der Waals surface area contributed by atoms with Gasteiger partial charge in [0.25, 0.3) is 0 Å². The van der Waals surface area contributed by atoms with Crippen LogP contribution in [-0.4, -0.2) is 34.6 Å². The molecule has 0 radical (unpaired) electrons. The molecule has 0 saturated carbocycles. The molecule has 1 aliphatic heterocycles. The van der Waals surface area contributed by atoms with Crippen molar-refractivity contribution in [2.24, 2.45) is 0 Å².